The predicted octanol–water partition coefficient (Wildman–Crippen LogP) is 1.76. The first kappa shape index (κ1) is 18.6. The summed E-state index contributed by atoms with van der Waals surface area (Å²) in [6.07, 6.45) is 3.18. The summed E-state index contributed by atoms with van der Waals surface area (Å²) in [5.74, 6) is -0.0509. The maximum atomic E-state index is 13.0. The van der Waals surface area contributed by atoms with Crippen molar-refractivity contribution in [3.05, 3.63) is 27.9 Å². The Balaban J connectivity index is 1.51. The van der Waals surface area contributed by atoms with Crippen LogP contribution in [0.25, 0.3) is 10.2 Å². The van der Waals surface area contributed by atoms with Crippen LogP contribution >= 0.6 is 11.3 Å². The molecule has 0 spiro atoms. The molecule has 1 amide bonds. The van der Waals surface area contributed by atoms with Crippen LogP contribution in [0.4, 0.5) is 0 Å². The number of piperidine rings is 1. The standard InChI is InChI=1S/C18H23N3O4S2/c1-2-21-15-6-5-14(11-16(15)26-18(21)23)27(24,25)20-9-7-12(8-10-20)17(22)19-13-3-4-13/h5-6,11-13H,2-4,7-10H2,1H3,(H,19,22). The van der Waals surface area contributed by atoms with Crippen molar-refractivity contribution in [1.29, 1.82) is 0 Å². The molecule has 2 aliphatic rings. The number of nitrogens with zero attached hydrogens (tertiary/aromatic N) is 2. The second-order valence-electron chi connectivity index (χ2n) is 7.20. The third-order valence-electron chi connectivity index (χ3n) is 5.34. The van der Waals surface area contributed by atoms with Crippen molar-refractivity contribution in [3.63, 3.8) is 0 Å². The maximum Gasteiger partial charge on any atom is 0.308 e. The molecular formula is C18H23N3O4S2. The molecule has 4 rings (SSSR count). The molecule has 0 unspecified atom stereocenters. The van der Waals surface area contributed by atoms with E-state index in [2.05, 4.69) is 5.32 Å². The van der Waals surface area contributed by atoms with Crippen molar-refractivity contribution in [2.24, 2.45) is 5.92 Å². The van der Waals surface area contributed by atoms with E-state index in [-0.39, 0.29) is 21.6 Å². The van der Waals surface area contributed by atoms with Gasteiger partial charge in [0, 0.05) is 31.6 Å². The fraction of sp³-hybridized carbons (Fsp3) is 0.556. The average molecular weight is 410 g/mol. The minimum Gasteiger partial charge on any atom is -0.353 e. The summed E-state index contributed by atoms with van der Waals surface area (Å²) in [5, 5.41) is 3.00. The van der Waals surface area contributed by atoms with Gasteiger partial charge >= 0.3 is 4.87 Å². The second kappa shape index (κ2) is 7.03. The van der Waals surface area contributed by atoms with E-state index in [0.29, 0.717) is 43.2 Å². The van der Waals surface area contributed by atoms with E-state index >= 15 is 0 Å². The van der Waals surface area contributed by atoms with Gasteiger partial charge in [-0.3, -0.25) is 14.2 Å². The number of carbonyl (C=O) groups is 1. The lowest BCUT2D eigenvalue weighted by Crippen LogP contribution is -2.43. The Morgan fingerprint density at radius 3 is 2.56 bits per heavy atom. The van der Waals surface area contributed by atoms with Crippen molar-refractivity contribution in [1.82, 2.24) is 14.2 Å². The smallest absolute Gasteiger partial charge is 0.308 e. The molecule has 1 aliphatic heterocycles. The number of nitrogens with one attached hydrogen (secondary N) is 1. The number of carbonyl (C=O) groups excluding carboxylic acids is 1. The lowest BCUT2D eigenvalue weighted by molar-refractivity contribution is -0.126. The van der Waals surface area contributed by atoms with Crippen LogP contribution in [0.3, 0.4) is 0 Å². The predicted molar refractivity (Wildman–Crippen MR) is 104 cm³/mol. The first-order valence-electron chi connectivity index (χ1n) is 9.34. The first-order chi connectivity index (χ1) is 12.9. The van der Waals surface area contributed by atoms with Gasteiger partial charge < -0.3 is 5.32 Å². The van der Waals surface area contributed by atoms with Crippen LogP contribution in [0.1, 0.15) is 32.6 Å². The first-order valence-corrected chi connectivity index (χ1v) is 11.6. The van der Waals surface area contributed by atoms with Crippen LogP contribution in [0.2, 0.25) is 0 Å². The summed E-state index contributed by atoms with van der Waals surface area (Å²) in [7, 11) is -3.63. The van der Waals surface area contributed by atoms with Crippen molar-refractivity contribution in [3.8, 4) is 0 Å². The molecule has 2 aromatic rings. The Labute approximate surface area is 162 Å². The second-order valence-corrected chi connectivity index (χ2v) is 10.1. The molecule has 27 heavy (non-hydrogen) atoms. The molecule has 2 fully saturated rings. The molecule has 1 aromatic heterocycles. The van der Waals surface area contributed by atoms with E-state index in [4.69, 9.17) is 0 Å². The minimum atomic E-state index is -3.63. The number of hydrogen-bond donors (Lipinski definition) is 1. The van der Waals surface area contributed by atoms with E-state index in [1.807, 2.05) is 6.92 Å². The summed E-state index contributed by atoms with van der Waals surface area (Å²) in [6.45, 7) is 3.13. The fourth-order valence-electron chi connectivity index (χ4n) is 3.56. The fourth-order valence-corrected chi connectivity index (χ4v) is 6.13. The summed E-state index contributed by atoms with van der Waals surface area (Å²) >= 11 is 1.07. The van der Waals surface area contributed by atoms with Gasteiger partial charge in [0.25, 0.3) is 0 Å². The molecule has 1 saturated carbocycles. The van der Waals surface area contributed by atoms with Crippen LogP contribution in [0.15, 0.2) is 27.9 Å². The molecule has 146 valence electrons. The van der Waals surface area contributed by atoms with Crippen molar-refractivity contribution in [2.45, 2.75) is 50.1 Å². The molecule has 1 aromatic carbocycles. The highest BCUT2D eigenvalue weighted by Gasteiger charge is 2.34. The molecular weight excluding hydrogens is 386 g/mol. The minimum absolute atomic E-state index is 0.0571. The number of benzene rings is 1. The van der Waals surface area contributed by atoms with Crippen LogP contribution in [-0.4, -0.2) is 42.3 Å². The topological polar surface area (TPSA) is 88.5 Å². The lowest BCUT2D eigenvalue weighted by atomic mass is 9.97. The van der Waals surface area contributed by atoms with E-state index in [0.717, 1.165) is 29.7 Å². The Morgan fingerprint density at radius 1 is 1.22 bits per heavy atom. The lowest BCUT2D eigenvalue weighted by Gasteiger charge is -2.30. The van der Waals surface area contributed by atoms with E-state index in [1.165, 1.54) is 4.31 Å². The van der Waals surface area contributed by atoms with Gasteiger partial charge in [-0.25, -0.2) is 8.42 Å². The molecule has 9 heteroatoms. The van der Waals surface area contributed by atoms with Gasteiger partial charge in [-0.05, 0) is 50.8 Å². The molecule has 0 atom stereocenters. The molecule has 1 saturated heterocycles. The van der Waals surface area contributed by atoms with Gasteiger partial charge in [-0.2, -0.15) is 4.31 Å². The summed E-state index contributed by atoms with van der Waals surface area (Å²) < 4.78 is 29.8. The molecule has 0 bridgehead atoms. The zero-order valence-electron chi connectivity index (χ0n) is 15.2. The highest BCUT2D eigenvalue weighted by atomic mass is 32.2. The highest BCUT2D eigenvalue weighted by Crippen LogP contribution is 2.28. The number of amides is 1. The Bertz CT molecular complexity index is 1030. The highest BCUT2D eigenvalue weighted by molar-refractivity contribution is 7.89. The number of aromatic nitrogens is 1. The van der Waals surface area contributed by atoms with Gasteiger partial charge in [0.2, 0.25) is 15.9 Å². The maximum absolute atomic E-state index is 13.0. The Hall–Kier alpha value is -1.71. The number of hydrogen-bond acceptors (Lipinski definition) is 5. The number of fused-ring (bicyclic) bond motifs is 1. The molecule has 7 nitrogen and oxygen atoms in total. The van der Waals surface area contributed by atoms with Crippen molar-refractivity contribution >= 4 is 37.5 Å². The normalized spacial score (nSPS) is 19.4. The zero-order chi connectivity index (χ0) is 19.2. The van der Waals surface area contributed by atoms with E-state index in [1.54, 1.807) is 22.8 Å². The summed E-state index contributed by atoms with van der Waals surface area (Å²) in [4.78, 5) is 24.3. The zero-order valence-corrected chi connectivity index (χ0v) is 16.8. The molecule has 1 aliphatic carbocycles. The largest absolute Gasteiger partial charge is 0.353 e. The van der Waals surface area contributed by atoms with E-state index < -0.39 is 10.0 Å². The van der Waals surface area contributed by atoms with Crippen LogP contribution in [0.5, 0.6) is 0 Å². The van der Waals surface area contributed by atoms with Crippen molar-refractivity contribution < 1.29 is 13.2 Å². The third kappa shape index (κ3) is 3.55. The SMILES string of the molecule is CCn1c(=O)sc2cc(S(=O)(=O)N3CCC(C(=O)NC4CC4)CC3)ccc21. The number of aryl methyl sites for hydroxylation is 1. The van der Waals surface area contributed by atoms with Gasteiger partial charge in [-0.15, -0.1) is 0 Å². The number of sulfonamides is 1. The van der Waals surface area contributed by atoms with Gasteiger partial charge in [0.05, 0.1) is 15.1 Å². The number of thiazole rings is 1. The number of rotatable bonds is 5. The summed E-state index contributed by atoms with van der Waals surface area (Å²) in [5.41, 5.74) is 0.766. The van der Waals surface area contributed by atoms with Gasteiger partial charge in [-0.1, -0.05) is 11.3 Å². The van der Waals surface area contributed by atoms with Gasteiger partial charge in [0.1, 0.15) is 0 Å². The third-order valence-corrected chi connectivity index (χ3v) is 8.18. The van der Waals surface area contributed by atoms with Crippen LogP contribution in [0, 0.1) is 5.92 Å². The Kier molecular flexibility index (Phi) is 4.85. The van der Waals surface area contributed by atoms with Crippen LogP contribution < -0.4 is 10.2 Å². The monoisotopic (exact) mass is 409 g/mol. The quantitative estimate of drug-likeness (QED) is 0.815. The van der Waals surface area contributed by atoms with Crippen molar-refractivity contribution in [2.75, 3.05) is 13.1 Å². The molecule has 1 N–H and O–H groups in total. The molecule has 2 heterocycles. The molecule has 0 radical (unpaired) electrons. The van der Waals surface area contributed by atoms with E-state index in [9.17, 15) is 18.0 Å². The Morgan fingerprint density at radius 2 is 1.93 bits per heavy atom. The average Bonchev–Trinajstić information content (AvgIpc) is 3.41. The van der Waals surface area contributed by atoms with Gasteiger partial charge in [0.15, 0.2) is 0 Å². The van der Waals surface area contributed by atoms with Crippen LogP contribution in [-0.2, 0) is 21.4 Å². The summed E-state index contributed by atoms with van der Waals surface area (Å²) in [6, 6.07) is 5.20.